The van der Waals surface area contributed by atoms with Crippen molar-refractivity contribution in [2.75, 3.05) is 5.32 Å². The van der Waals surface area contributed by atoms with Gasteiger partial charge in [0.2, 0.25) is 5.91 Å². The molecule has 1 heterocycles. The van der Waals surface area contributed by atoms with E-state index in [0.717, 1.165) is 0 Å². The first-order valence-electron chi connectivity index (χ1n) is 4.82. The second-order valence-corrected chi connectivity index (χ2v) is 3.31. The second-order valence-electron chi connectivity index (χ2n) is 3.31. The van der Waals surface area contributed by atoms with Gasteiger partial charge in [0.1, 0.15) is 11.6 Å². The first-order valence-corrected chi connectivity index (χ1v) is 4.82. The number of carbonyl (C=O) groups excluding carboxylic acids is 1. The molecule has 1 N–H and O–H groups in total. The molecule has 0 saturated heterocycles. The summed E-state index contributed by atoms with van der Waals surface area (Å²) in [6.45, 7) is 0. The van der Waals surface area contributed by atoms with Crippen LogP contribution in [0.5, 0.6) is 0 Å². The van der Waals surface area contributed by atoms with Crippen molar-refractivity contribution in [3.8, 4) is 0 Å². The smallest absolute Gasteiger partial charge is 0.231 e. The maximum absolute atomic E-state index is 12.6. The Kier molecular flexibility index (Phi) is 3.00. The Morgan fingerprint density at radius 1 is 1.25 bits per heavy atom. The molecule has 0 spiro atoms. The molecule has 2 aromatic rings. The third kappa shape index (κ3) is 2.70. The Morgan fingerprint density at radius 3 is 2.62 bits per heavy atom. The number of rotatable bonds is 3. The Labute approximate surface area is 91.9 Å². The zero-order valence-electron chi connectivity index (χ0n) is 8.44. The van der Waals surface area contributed by atoms with E-state index >= 15 is 0 Å². The van der Waals surface area contributed by atoms with Gasteiger partial charge in [-0.05, 0) is 36.4 Å². The summed E-state index contributed by atoms with van der Waals surface area (Å²) >= 11 is 0. The summed E-state index contributed by atoms with van der Waals surface area (Å²) in [5, 5.41) is 2.64. The summed E-state index contributed by atoms with van der Waals surface area (Å²) in [6.07, 6.45) is 1.69. The number of nitrogens with one attached hydrogen (secondary N) is 1. The number of furan rings is 1. The number of benzene rings is 1. The Hall–Kier alpha value is -2.10. The lowest BCUT2D eigenvalue weighted by Gasteiger charge is -2.03. The molecule has 0 aliphatic rings. The van der Waals surface area contributed by atoms with Crippen LogP contribution in [0.2, 0.25) is 0 Å². The van der Waals surface area contributed by atoms with Crippen molar-refractivity contribution in [1.29, 1.82) is 0 Å². The monoisotopic (exact) mass is 219 g/mol. The number of amides is 1. The molecule has 1 aromatic carbocycles. The molecule has 3 nitrogen and oxygen atoms in total. The van der Waals surface area contributed by atoms with Gasteiger partial charge in [0.25, 0.3) is 0 Å². The van der Waals surface area contributed by atoms with Crippen LogP contribution in [0.4, 0.5) is 10.1 Å². The highest BCUT2D eigenvalue weighted by Crippen LogP contribution is 2.09. The maximum atomic E-state index is 12.6. The van der Waals surface area contributed by atoms with Crippen molar-refractivity contribution < 1.29 is 13.6 Å². The molecule has 16 heavy (non-hydrogen) atoms. The lowest BCUT2D eigenvalue weighted by atomic mass is 10.2. The number of hydrogen-bond donors (Lipinski definition) is 1. The van der Waals surface area contributed by atoms with E-state index < -0.39 is 0 Å². The Morgan fingerprint density at radius 2 is 2.00 bits per heavy atom. The van der Waals surface area contributed by atoms with Gasteiger partial charge in [-0.25, -0.2) is 4.39 Å². The average molecular weight is 219 g/mol. The molecule has 82 valence electrons. The van der Waals surface area contributed by atoms with Crippen LogP contribution in [0.1, 0.15) is 5.76 Å². The fourth-order valence-corrected chi connectivity index (χ4v) is 1.31. The summed E-state index contributed by atoms with van der Waals surface area (Å²) in [5.41, 5.74) is 0.568. The molecule has 0 unspecified atom stereocenters. The second kappa shape index (κ2) is 4.61. The van der Waals surface area contributed by atoms with Crippen LogP contribution in [0, 0.1) is 5.82 Å². The topological polar surface area (TPSA) is 42.2 Å². The highest BCUT2D eigenvalue weighted by Gasteiger charge is 2.05. The summed E-state index contributed by atoms with van der Waals surface area (Å²) in [7, 11) is 0. The van der Waals surface area contributed by atoms with Gasteiger partial charge in [0.15, 0.2) is 0 Å². The maximum Gasteiger partial charge on any atom is 0.231 e. The number of carbonyl (C=O) groups is 1. The summed E-state index contributed by atoms with van der Waals surface area (Å²) in [4.78, 5) is 11.5. The highest BCUT2D eigenvalue weighted by molar-refractivity contribution is 5.91. The Bertz CT molecular complexity index is 462. The van der Waals surface area contributed by atoms with Gasteiger partial charge in [-0.2, -0.15) is 0 Å². The zero-order chi connectivity index (χ0) is 11.4. The van der Waals surface area contributed by atoms with Crippen LogP contribution in [0.15, 0.2) is 47.1 Å². The zero-order valence-corrected chi connectivity index (χ0v) is 8.44. The van der Waals surface area contributed by atoms with Gasteiger partial charge in [0, 0.05) is 5.69 Å². The van der Waals surface area contributed by atoms with Gasteiger partial charge in [0.05, 0.1) is 12.7 Å². The minimum absolute atomic E-state index is 0.171. The minimum atomic E-state index is -0.330. The fourth-order valence-electron chi connectivity index (χ4n) is 1.31. The molecule has 0 radical (unpaired) electrons. The average Bonchev–Trinajstić information content (AvgIpc) is 2.74. The van der Waals surface area contributed by atoms with Crippen molar-refractivity contribution in [2.45, 2.75) is 6.42 Å². The van der Waals surface area contributed by atoms with Crippen LogP contribution in [0.3, 0.4) is 0 Å². The molecule has 0 fully saturated rings. The van der Waals surface area contributed by atoms with Crippen LogP contribution < -0.4 is 5.32 Å². The molecular weight excluding hydrogens is 209 g/mol. The van der Waals surface area contributed by atoms with E-state index in [4.69, 9.17) is 4.42 Å². The van der Waals surface area contributed by atoms with Crippen LogP contribution in [0.25, 0.3) is 0 Å². The quantitative estimate of drug-likeness (QED) is 0.862. The SMILES string of the molecule is O=C(Cc1ccco1)Nc1ccc(F)cc1. The molecule has 0 saturated carbocycles. The van der Waals surface area contributed by atoms with E-state index in [2.05, 4.69) is 5.32 Å². The van der Waals surface area contributed by atoms with Gasteiger partial charge < -0.3 is 9.73 Å². The van der Waals surface area contributed by atoms with Gasteiger partial charge in [-0.1, -0.05) is 0 Å². The van der Waals surface area contributed by atoms with E-state index in [0.29, 0.717) is 11.4 Å². The third-order valence-electron chi connectivity index (χ3n) is 2.04. The predicted molar refractivity (Wildman–Crippen MR) is 57.4 cm³/mol. The molecule has 4 heteroatoms. The summed E-state index contributed by atoms with van der Waals surface area (Å²) in [6, 6.07) is 9.06. The van der Waals surface area contributed by atoms with Gasteiger partial charge >= 0.3 is 0 Å². The highest BCUT2D eigenvalue weighted by atomic mass is 19.1. The molecule has 1 amide bonds. The molecule has 0 aliphatic heterocycles. The fraction of sp³-hybridized carbons (Fsp3) is 0.0833. The normalized spacial score (nSPS) is 10.1. The minimum Gasteiger partial charge on any atom is -0.469 e. The summed E-state index contributed by atoms with van der Waals surface area (Å²) in [5.74, 6) is 0.0743. The van der Waals surface area contributed by atoms with E-state index in [1.165, 1.54) is 30.5 Å². The number of anilines is 1. The predicted octanol–water partition coefficient (Wildman–Crippen LogP) is 2.60. The van der Waals surface area contributed by atoms with E-state index in [1.807, 2.05) is 0 Å². The van der Waals surface area contributed by atoms with Gasteiger partial charge in [-0.3, -0.25) is 4.79 Å². The van der Waals surface area contributed by atoms with Crippen molar-refractivity contribution in [3.05, 3.63) is 54.2 Å². The molecule has 0 atom stereocenters. The van der Waals surface area contributed by atoms with Crippen LogP contribution in [-0.4, -0.2) is 5.91 Å². The van der Waals surface area contributed by atoms with Gasteiger partial charge in [-0.15, -0.1) is 0 Å². The lowest BCUT2D eigenvalue weighted by molar-refractivity contribution is -0.115. The molecular formula is C12H10FNO2. The lowest BCUT2D eigenvalue weighted by Crippen LogP contribution is -2.13. The van der Waals surface area contributed by atoms with E-state index in [-0.39, 0.29) is 18.1 Å². The van der Waals surface area contributed by atoms with E-state index in [1.54, 1.807) is 12.1 Å². The Balaban J connectivity index is 1.95. The molecule has 0 aliphatic carbocycles. The summed E-state index contributed by atoms with van der Waals surface area (Å²) < 4.78 is 17.6. The standard InChI is InChI=1S/C12H10FNO2/c13-9-3-5-10(6-4-9)14-12(15)8-11-2-1-7-16-11/h1-7H,8H2,(H,14,15). The van der Waals surface area contributed by atoms with Crippen molar-refractivity contribution >= 4 is 11.6 Å². The molecule has 2 rings (SSSR count). The van der Waals surface area contributed by atoms with Crippen LogP contribution >= 0.6 is 0 Å². The van der Waals surface area contributed by atoms with Crippen LogP contribution in [-0.2, 0) is 11.2 Å². The number of hydrogen-bond acceptors (Lipinski definition) is 2. The van der Waals surface area contributed by atoms with E-state index in [9.17, 15) is 9.18 Å². The van der Waals surface area contributed by atoms with Crippen molar-refractivity contribution in [1.82, 2.24) is 0 Å². The number of halogens is 1. The largest absolute Gasteiger partial charge is 0.469 e. The first kappa shape index (κ1) is 10.4. The third-order valence-corrected chi connectivity index (χ3v) is 2.04. The van der Waals surface area contributed by atoms with Crippen molar-refractivity contribution in [2.24, 2.45) is 0 Å². The molecule has 1 aromatic heterocycles. The van der Waals surface area contributed by atoms with Crippen molar-refractivity contribution in [3.63, 3.8) is 0 Å². The first-order chi connectivity index (χ1) is 7.74. The molecule has 0 bridgehead atoms.